The minimum absolute atomic E-state index is 0.0255. The van der Waals surface area contributed by atoms with Crippen LogP contribution in [0, 0.1) is 21.4 Å². The maximum Gasteiger partial charge on any atom is 0.311 e. The van der Waals surface area contributed by atoms with Gasteiger partial charge in [0.05, 0.1) is 11.0 Å². The second kappa shape index (κ2) is 5.20. The molecule has 0 atom stereocenters. The first-order valence-electron chi connectivity index (χ1n) is 7.69. The molecule has 0 saturated heterocycles. The average Bonchev–Trinajstić information content (AvgIpc) is 3.27. The Hall–Kier alpha value is -1.78. The first-order valence-corrected chi connectivity index (χ1v) is 7.69. The van der Waals surface area contributed by atoms with E-state index < -0.39 is 4.92 Å². The molecule has 2 aliphatic rings. The van der Waals surface area contributed by atoms with Gasteiger partial charge in [0.15, 0.2) is 5.75 Å². The summed E-state index contributed by atoms with van der Waals surface area (Å²) in [6.07, 6.45) is 5.27. The van der Waals surface area contributed by atoms with E-state index in [1.807, 2.05) is 13.8 Å². The van der Waals surface area contributed by atoms with E-state index in [0.717, 1.165) is 18.2 Å². The fourth-order valence-electron chi connectivity index (χ4n) is 2.99. The predicted molar refractivity (Wildman–Crippen MR) is 81.7 cm³/mol. The summed E-state index contributed by atoms with van der Waals surface area (Å²) in [6, 6.07) is 5.05. The van der Waals surface area contributed by atoms with Gasteiger partial charge in [-0.05, 0) is 56.9 Å². The Kier molecular flexibility index (Phi) is 3.51. The van der Waals surface area contributed by atoms with Crippen LogP contribution in [0.5, 0.6) is 5.75 Å². The van der Waals surface area contributed by atoms with Crippen LogP contribution in [0.15, 0.2) is 18.2 Å². The molecule has 3 rings (SSSR count). The zero-order valence-corrected chi connectivity index (χ0v) is 12.6. The van der Waals surface area contributed by atoms with Crippen LogP contribution in [0.3, 0.4) is 0 Å². The molecule has 1 aromatic carbocycles. The summed E-state index contributed by atoms with van der Waals surface area (Å²) < 4.78 is 5.57. The zero-order chi connectivity index (χ0) is 15.0. The molecule has 1 N–H and O–H groups in total. The molecule has 5 nitrogen and oxygen atoms in total. The maximum atomic E-state index is 11.0. The maximum absolute atomic E-state index is 11.0. The molecule has 2 saturated carbocycles. The highest BCUT2D eigenvalue weighted by molar-refractivity contribution is 5.58. The quantitative estimate of drug-likeness (QED) is 0.609. The normalized spacial score (nSPS) is 19.4. The van der Waals surface area contributed by atoms with Crippen molar-refractivity contribution in [3.63, 3.8) is 0 Å². The van der Waals surface area contributed by atoms with Gasteiger partial charge < -0.3 is 10.1 Å². The standard InChI is InChI=1S/C16H22N2O3/c1-11(2)21-15-9-13(5-6-14(15)18(19)20)17-10-16(7-8-16)12-3-4-12/h5-6,9,11-12,17H,3-4,7-8,10H2,1-2H3. The molecular formula is C16H22N2O3. The summed E-state index contributed by atoms with van der Waals surface area (Å²) in [6.45, 7) is 4.71. The van der Waals surface area contributed by atoms with Gasteiger partial charge in [0.2, 0.25) is 0 Å². The summed E-state index contributed by atoms with van der Waals surface area (Å²) in [7, 11) is 0. The van der Waals surface area contributed by atoms with Crippen molar-refractivity contribution in [3.05, 3.63) is 28.3 Å². The van der Waals surface area contributed by atoms with Crippen LogP contribution < -0.4 is 10.1 Å². The van der Waals surface area contributed by atoms with Gasteiger partial charge in [-0.3, -0.25) is 10.1 Å². The molecule has 21 heavy (non-hydrogen) atoms. The predicted octanol–water partition coefficient (Wildman–Crippen LogP) is 3.98. The van der Waals surface area contributed by atoms with Gasteiger partial charge in [-0.25, -0.2) is 0 Å². The Bertz CT molecular complexity index is 548. The Morgan fingerprint density at radius 2 is 2.14 bits per heavy atom. The number of hydrogen-bond acceptors (Lipinski definition) is 4. The van der Waals surface area contributed by atoms with Crippen molar-refractivity contribution in [1.29, 1.82) is 0 Å². The lowest BCUT2D eigenvalue weighted by atomic mass is 10.0. The van der Waals surface area contributed by atoms with Gasteiger partial charge in [-0.2, -0.15) is 0 Å². The number of rotatable bonds is 7. The number of anilines is 1. The Morgan fingerprint density at radius 1 is 1.43 bits per heavy atom. The lowest BCUT2D eigenvalue weighted by molar-refractivity contribution is -0.386. The SMILES string of the molecule is CC(C)Oc1cc(NCC2(C3CC3)CC2)ccc1[N+](=O)[O-]. The summed E-state index contributed by atoms with van der Waals surface area (Å²) in [5, 5.41) is 14.5. The second-order valence-corrected chi connectivity index (χ2v) is 6.60. The molecule has 5 heteroatoms. The minimum atomic E-state index is -0.395. The lowest BCUT2D eigenvalue weighted by Gasteiger charge is -2.17. The van der Waals surface area contributed by atoms with Crippen molar-refractivity contribution in [2.75, 3.05) is 11.9 Å². The molecule has 0 unspecified atom stereocenters. The van der Waals surface area contributed by atoms with Crippen LogP contribution in [-0.2, 0) is 0 Å². The molecule has 0 aromatic heterocycles. The zero-order valence-electron chi connectivity index (χ0n) is 12.6. The van der Waals surface area contributed by atoms with Crippen LogP contribution in [0.1, 0.15) is 39.5 Å². The fourth-order valence-corrected chi connectivity index (χ4v) is 2.99. The van der Waals surface area contributed by atoms with Crippen molar-refractivity contribution in [1.82, 2.24) is 0 Å². The van der Waals surface area contributed by atoms with E-state index in [9.17, 15) is 10.1 Å². The van der Waals surface area contributed by atoms with Crippen LogP contribution in [0.4, 0.5) is 11.4 Å². The molecule has 0 amide bonds. The third-order valence-corrected chi connectivity index (χ3v) is 4.50. The van der Waals surface area contributed by atoms with Gasteiger partial charge in [-0.1, -0.05) is 0 Å². The van der Waals surface area contributed by atoms with E-state index in [2.05, 4.69) is 5.32 Å². The average molecular weight is 290 g/mol. The number of nitro groups is 1. The van der Waals surface area contributed by atoms with Crippen molar-refractivity contribution >= 4 is 11.4 Å². The molecule has 114 valence electrons. The lowest BCUT2D eigenvalue weighted by Crippen LogP contribution is -2.17. The summed E-state index contributed by atoms with van der Waals surface area (Å²) >= 11 is 0. The minimum Gasteiger partial charge on any atom is -0.484 e. The largest absolute Gasteiger partial charge is 0.484 e. The topological polar surface area (TPSA) is 64.4 Å². The third kappa shape index (κ3) is 3.12. The summed E-state index contributed by atoms with van der Waals surface area (Å²) in [5.74, 6) is 1.24. The van der Waals surface area contributed by atoms with E-state index in [4.69, 9.17) is 4.74 Å². The fraction of sp³-hybridized carbons (Fsp3) is 0.625. The van der Waals surface area contributed by atoms with Crippen molar-refractivity contribution < 1.29 is 9.66 Å². The van der Waals surface area contributed by atoms with E-state index in [1.165, 1.54) is 31.7 Å². The van der Waals surface area contributed by atoms with Gasteiger partial charge in [-0.15, -0.1) is 0 Å². The Balaban J connectivity index is 1.71. The molecule has 0 aliphatic heterocycles. The molecule has 0 bridgehead atoms. The van der Waals surface area contributed by atoms with Gasteiger partial charge in [0.25, 0.3) is 0 Å². The molecule has 0 spiro atoms. The first-order chi connectivity index (χ1) is 10.00. The third-order valence-electron chi connectivity index (χ3n) is 4.50. The van der Waals surface area contributed by atoms with E-state index in [-0.39, 0.29) is 11.8 Å². The van der Waals surface area contributed by atoms with Crippen LogP contribution in [0.2, 0.25) is 0 Å². The Labute approximate surface area is 124 Å². The van der Waals surface area contributed by atoms with Crippen LogP contribution in [0.25, 0.3) is 0 Å². The summed E-state index contributed by atoms with van der Waals surface area (Å²) in [4.78, 5) is 10.6. The van der Waals surface area contributed by atoms with E-state index in [0.29, 0.717) is 11.2 Å². The molecule has 2 aliphatic carbocycles. The van der Waals surface area contributed by atoms with Gasteiger partial charge in [0, 0.05) is 24.4 Å². The number of nitro benzene ring substituents is 1. The number of nitrogens with one attached hydrogen (secondary N) is 1. The summed E-state index contributed by atoms with van der Waals surface area (Å²) in [5.41, 5.74) is 1.43. The molecule has 0 radical (unpaired) electrons. The monoisotopic (exact) mass is 290 g/mol. The smallest absolute Gasteiger partial charge is 0.311 e. The van der Waals surface area contributed by atoms with Crippen LogP contribution in [-0.4, -0.2) is 17.6 Å². The van der Waals surface area contributed by atoms with Crippen LogP contribution >= 0.6 is 0 Å². The van der Waals surface area contributed by atoms with Crippen molar-refractivity contribution in [2.45, 2.75) is 45.6 Å². The van der Waals surface area contributed by atoms with Gasteiger partial charge in [0.1, 0.15) is 0 Å². The number of nitrogens with zero attached hydrogens (tertiary/aromatic N) is 1. The van der Waals surface area contributed by atoms with Crippen molar-refractivity contribution in [2.24, 2.45) is 11.3 Å². The first kappa shape index (κ1) is 14.2. The highest BCUT2D eigenvalue weighted by atomic mass is 16.6. The number of hydrogen-bond donors (Lipinski definition) is 1. The molecule has 2 fully saturated rings. The highest BCUT2D eigenvalue weighted by Crippen LogP contribution is 2.61. The number of benzene rings is 1. The second-order valence-electron chi connectivity index (χ2n) is 6.60. The Morgan fingerprint density at radius 3 is 2.67 bits per heavy atom. The highest BCUT2D eigenvalue weighted by Gasteiger charge is 2.53. The van der Waals surface area contributed by atoms with Gasteiger partial charge >= 0.3 is 5.69 Å². The van der Waals surface area contributed by atoms with E-state index in [1.54, 1.807) is 12.1 Å². The molecule has 0 heterocycles. The van der Waals surface area contributed by atoms with Crippen molar-refractivity contribution in [3.8, 4) is 5.75 Å². The molecule has 1 aromatic rings. The number of ether oxygens (including phenoxy) is 1. The molecular weight excluding hydrogens is 268 g/mol. The van der Waals surface area contributed by atoms with E-state index >= 15 is 0 Å².